The third-order valence-corrected chi connectivity index (χ3v) is 7.61. The number of aryl methyl sites for hydroxylation is 3. The van der Waals surface area contributed by atoms with E-state index in [0.29, 0.717) is 22.4 Å². The van der Waals surface area contributed by atoms with Crippen LogP contribution in [0.15, 0.2) is 72.0 Å². The monoisotopic (exact) mass is 638 g/mol. The normalized spacial score (nSPS) is 14.2. The van der Waals surface area contributed by atoms with E-state index in [0.717, 1.165) is 40.8 Å². The average molecular weight is 639 g/mol. The Hall–Kier alpha value is -4.85. The van der Waals surface area contributed by atoms with E-state index in [1.165, 1.54) is 51.9 Å². The molecule has 3 amide bonds. The van der Waals surface area contributed by atoms with Gasteiger partial charge in [-0.05, 0) is 85.5 Å². The van der Waals surface area contributed by atoms with Crippen LogP contribution in [0.25, 0.3) is 17.1 Å². The zero-order valence-corrected chi connectivity index (χ0v) is 25.4. The number of nitrogens with one attached hydrogen (secondary N) is 1. The molecular formula is C31H29F3N6O4S. The quantitative estimate of drug-likeness (QED) is 0.206. The number of amides is 3. The van der Waals surface area contributed by atoms with Crippen LogP contribution in [0.2, 0.25) is 0 Å². The summed E-state index contributed by atoms with van der Waals surface area (Å²) in [7, 11) is 0. The van der Waals surface area contributed by atoms with Crippen LogP contribution in [-0.4, -0.2) is 50.7 Å². The van der Waals surface area contributed by atoms with E-state index in [9.17, 15) is 22.8 Å². The van der Waals surface area contributed by atoms with Gasteiger partial charge in [-0.15, -0.1) is 18.3 Å². The molecule has 0 spiro atoms. The molecule has 14 heteroatoms. The number of carbonyl (C=O) groups excluding carboxylic acids is 2. The third-order valence-electron chi connectivity index (χ3n) is 6.69. The van der Waals surface area contributed by atoms with E-state index >= 15 is 0 Å². The lowest BCUT2D eigenvalue weighted by Gasteiger charge is -2.20. The first-order chi connectivity index (χ1) is 21.5. The molecule has 5 rings (SSSR count). The van der Waals surface area contributed by atoms with E-state index in [1.807, 2.05) is 32.0 Å². The lowest BCUT2D eigenvalue weighted by atomic mass is 10.0. The number of carbonyl (C=O) groups is 2. The molecule has 0 saturated carbocycles. The van der Waals surface area contributed by atoms with Crippen LogP contribution in [0, 0.1) is 13.8 Å². The number of thioether (sulfide) groups is 1. The maximum Gasteiger partial charge on any atom is 0.573 e. The molecule has 4 aromatic rings. The van der Waals surface area contributed by atoms with E-state index in [2.05, 4.69) is 32.1 Å². The molecule has 1 saturated heterocycles. The van der Waals surface area contributed by atoms with Crippen molar-refractivity contribution in [2.75, 3.05) is 17.4 Å². The van der Waals surface area contributed by atoms with Crippen molar-refractivity contribution in [1.82, 2.24) is 20.1 Å². The second-order valence-electron chi connectivity index (χ2n) is 10.1. The van der Waals surface area contributed by atoms with Gasteiger partial charge in [-0.25, -0.2) is 14.5 Å². The van der Waals surface area contributed by atoms with E-state index in [4.69, 9.17) is 4.74 Å². The molecule has 10 nitrogen and oxygen atoms in total. The van der Waals surface area contributed by atoms with Crippen LogP contribution in [0.5, 0.6) is 11.5 Å². The molecule has 1 aliphatic rings. The van der Waals surface area contributed by atoms with Crippen molar-refractivity contribution in [1.29, 1.82) is 0 Å². The summed E-state index contributed by atoms with van der Waals surface area (Å²) in [5, 5.41) is 7.35. The smallest absolute Gasteiger partial charge is 0.473 e. The average Bonchev–Trinajstić information content (AvgIpc) is 3.61. The minimum atomic E-state index is -4.77. The Morgan fingerprint density at radius 2 is 1.82 bits per heavy atom. The second-order valence-corrected chi connectivity index (χ2v) is 11.0. The first kappa shape index (κ1) is 31.6. The van der Waals surface area contributed by atoms with Gasteiger partial charge in [-0.1, -0.05) is 37.2 Å². The predicted octanol–water partition coefficient (Wildman–Crippen LogP) is 6.58. The highest BCUT2D eigenvalue weighted by Crippen LogP contribution is 2.32. The molecule has 3 aromatic carbocycles. The number of aromatic nitrogens is 3. The van der Waals surface area contributed by atoms with Gasteiger partial charge in [0, 0.05) is 5.56 Å². The van der Waals surface area contributed by atoms with Crippen molar-refractivity contribution in [2.24, 2.45) is 4.99 Å². The summed E-state index contributed by atoms with van der Waals surface area (Å²) in [6.45, 7) is 5.71. The number of amidine groups is 1. The maximum absolute atomic E-state index is 12.7. The fraction of sp³-hybridized carbons (Fsp3) is 0.258. The van der Waals surface area contributed by atoms with Crippen LogP contribution in [-0.2, 0) is 11.2 Å². The number of halogens is 3. The summed E-state index contributed by atoms with van der Waals surface area (Å²) >= 11 is 1.21. The summed E-state index contributed by atoms with van der Waals surface area (Å²) in [5.74, 6) is 0.625. The lowest BCUT2D eigenvalue weighted by molar-refractivity contribution is -0.274. The molecular weight excluding hydrogens is 609 g/mol. The standard InChI is InChI=1S/C31H29F3N6O4S/c1-4-5-21-7-6-19(2)14-26(21)40-27(41)16-45-30(40)37-29(42)36-18-43-24-12-13-25(20(3)15-24)28-35-17-39(38-28)22-8-10-23(11-9-22)44-31(32,33)34/h6-15,17H,4-5,16,18H2,1-3H3,(H,36,42). The number of hydrogen-bond acceptors (Lipinski definition) is 7. The summed E-state index contributed by atoms with van der Waals surface area (Å²) in [6.07, 6.45) is -1.60. The van der Waals surface area contributed by atoms with Gasteiger partial charge in [-0.2, -0.15) is 4.99 Å². The van der Waals surface area contributed by atoms with Crippen LogP contribution in [0.3, 0.4) is 0 Å². The van der Waals surface area contributed by atoms with Crippen LogP contribution in [0.4, 0.5) is 23.7 Å². The van der Waals surface area contributed by atoms with Crippen molar-refractivity contribution in [3.8, 4) is 28.6 Å². The highest BCUT2D eigenvalue weighted by atomic mass is 32.2. The molecule has 234 valence electrons. The van der Waals surface area contributed by atoms with Gasteiger partial charge in [-0.3, -0.25) is 9.69 Å². The molecule has 0 unspecified atom stereocenters. The zero-order valence-electron chi connectivity index (χ0n) is 24.6. The summed E-state index contributed by atoms with van der Waals surface area (Å²) < 4.78 is 48.3. The third kappa shape index (κ3) is 7.81. The van der Waals surface area contributed by atoms with E-state index in [-0.39, 0.29) is 24.1 Å². The van der Waals surface area contributed by atoms with Crippen LogP contribution < -0.4 is 19.7 Å². The number of alkyl halides is 3. The fourth-order valence-corrected chi connectivity index (χ4v) is 5.50. The van der Waals surface area contributed by atoms with Crippen molar-refractivity contribution in [3.05, 3.63) is 83.7 Å². The van der Waals surface area contributed by atoms with Crippen molar-refractivity contribution in [2.45, 2.75) is 40.0 Å². The summed E-state index contributed by atoms with van der Waals surface area (Å²) in [4.78, 5) is 35.4. The molecule has 0 radical (unpaired) electrons. The molecule has 1 aliphatic heterocycles. The molecule has 1 fully saturated rings. The van der Waals surface area contributed by atoms with Gasteiger partial charge in [0.25, 0.3) is 0 Å². The predicted molar refractivity (Wildman–Crippen MR) is 165 cm³/mol. The topological polar surface area (TPSA) is 111 Å². The lowest BCUT2D eigenvalue weighted by Crippen LogP contribution is -2.33. The number of nitrogens with zero attached hydrogens (tertiary/aromatic N) is 5. The number of aliphatic imine (C=N–C) groups is 1. The second kappa shape index (κ2) is 13.4. The molecule has 0 aliphatic carbocycles. The van der Waals surface area contributed by atoms with Gasteiger partial charge >= 0.3 is 12.4 Å². The van der Waals surface area contributed by atoms with Crippen molar-refractivity contribution >= 4 is 34.6 Å². The Balaban J connectivity index is 1.20. The zero-order chi connectivity index (χ0) is 32.1. The number of ether oxygens (including phenoxy) is 2. The minimum absolute atomic E-state index is 0.130. The molecule has 1 N–H and O–H groups in total. The van der Waals surface area contributed by atoms with Crippen LogP contribution in [0.1, 0.15) is 30.0 Å². The molecule has 45 heavy (non-hydrogen) atoms. The first-order valence-corrected chi connectivity index (χ1v) is 14.9. The fourth-order valence-electron chi connectivity index (χ4n) is 4.64. The van der Waals surface area contributed by atoms with Gasteiger partial charge in [0.05, 0.1) is 17.1 Å². The summed E-state index contributed by atoms with van der Waals surface area (Å²) in [6, 6.07) is 15.8. The summed E-state index contributed by atoms with van der Waals surface area (Å²) in [5.41, 5.74) is 4.79. The number of rotatable bonds is 9. The van der Waals surface area contributed by atoms with Gasteiger partial charge in [0.1, 0.15) is 17.8 Å². The first-order valence-electron chi connectivity index (χ1n) is 13.9. The number of benzene rings is 3. The Kier molecular flexibility index (Phi) is 9.42. The maximum atomic E-state index is 12.7. The number of urea groups is 1. The molecule has 2 heterocycles. The Morgan fingerprint density at radius 1 is 1.07 bits per heavy atom. The Labute approximate surface area is 261 Å². The number of anilines is 1. The molecule has 1 aromatic heterocycles. The van der Waals surface area contributed by atoms with Crippen molar-refractivity contribution in [3.63, 3.8) is 0 Å². The van der Waals surface area contributed by atoms with E-state index in [1.54, 1.807) is 18.2 Å². The highest BCUT2D eigenvalue weighted by Gasteiger charge is 2.32. The van der Waals surface area contributed by atoms with Crippen molar-refractivity contribution < 1.29 is 32.2 Å². The molecule has 0 atom stereocenters. The Bertz CT molecular complexity index is 1740. The van der Waals surface area contributed by atoms with E-state index < -0.39 is 12.4 Å². The molecule has 0 bridgehead atoms. The largest absolute Gasteiger partial charge is 0.573 e. The van der Waals surface area contributed by atoms with Gasteiger partial charge < -0.3 is 14.8 Å². The van der Waals surface area contributed by atoms with Crippen LogP contribution >= 0.6 is 11.8 Å². The van der Waals surface area contributed by atoms with Gasteiger partial charge in [0.15, 0.2) is 17.7 Å². The highest BCUT2D eigenvalue weighted by molar-refractivity contribution is 8.15. The minimum Gasteiger partial charge on any atom is -0.473 e. The SMILES string of the molecule is CCCc1ccc(C)cc1N1C(=O)CSC1=NC(=O)NCOc1ccc(-c2ncn(-c3ccc(OC(F)(F)F)cc3)n2)c(C)c1. The number of hydrogen-bond donors (Lipinski definition) is 1. The van der Waals surface area contributed by atoms with Gasteiger partial charge in [0.2, 0.25) is 5.91 Å². The Morgan fingerprint density at radius 3 is 2.53 bits per heavy atom.